The third kappa shape index (κ3) is 2.59. The van der Waals surface area contributed by atoms with Crippen molar-refractivity contribution >= 4 is 22.5 Å². The molecule has 0 saturated heterocycles. The van der Waals surface area contributed by atoms with Crippen molar-refractivity contribution in [3.8, 4) is 0 Å². The highest BCUT2D eigenvalue weighted by molar-refractivity contribution is 6.22. The number of nitrogens with zero attached hydrogens (tertiary/aromatic N) is 2. The second kappa shape index (κ2) is 5.16. The summed E-state index contributed by atoms with van der Waals surface area (Å²) >= 11 is 0. The van der Waals surface area contributed by atoms with Crippen molar-refractivity contribution in [2.75, 3.05) is 14.1 Å². The molecule has 2 aromatic rings. The molecule has 1 heterocycles. The van der Waals surface area contributed by atoms with Crippen molar-refractivity contribution in [1.82, 2.24) is 15.1 Å². The molecule has 5 nitrogen and oxygen atoms in total. The summed E-state index contributed by atoms with van der Waals surface area (Å²) in [4.78, 5) is 26.1. The lowest BCUT2D eigenvalue weighted by atomic mass is 9.80. The summed E-state index contributed by atoms with van der Waals surface area (Å²) in [7, 11) is 3.62. The van der Waals surface area contributed by atoms with Crippen LogP contribution in [0.4, 0.5) is 0 Å². The van der Waals surface area contributed by atoms with Crippen LogP contribution in [0.2, 0.25) is 0 Å². The van der Waals surface area contributed by atoms with Crippen LogP contribution in [0.25, 0.3) is 10.9 Å². The minimum atomic E-state index is -0.0720. The molecule has 1 aromatic heterocycles. The number of hydrogen-bond donors (Lipinski definition) is 1. The van der Waals surface area contributed by atoms with Gasteiger partial charge in [0.2, 0.25) is 0 Å². The third-order valence-corrected chi connectivity index (χ3v) is 3.79. The Morgan fingerprint density at radius 1 is 1.24 bits per heavy atom. The molecule has 1 saturated carbocycles. The van der Waals surface area contributed by atoms with E-state index in [2.05, 4.69) is 10.2 Å². The van der Waals surface area contributed by atoms with E-state index in [9.17, 15) is 9.59 Å². The van der Waals surface area contributed by atoms with Gasteiger partial charge in [-0.2, -0.15) is 5.10 Å². The van der Waals surface area contributed by atoms with Gasteiger partial charge in [0.15, 0.2) is 11.6 Å². The van der Waals surface area contributed by atoms with Crippen LogP contribution in [0.15, 0.2) is 36.2 Å². The highest BCUT2D eigenvalue weighted by Crippen LogP contribution is 2.32. The number of carbonyl (C=O) groups excluding carboxylic acids is 2. The van der Waals surface area contributed by atoms with E-state index in [0.717, 1.165) is 16.5 Å². The Kier molecular flexibility index (Phi) is 3.33. The first-order chi connectivity index (χ1) is 10.0. The summed E-state index contributed by atoms with van der Waals surface area (Å²) in [5, 5.41) is 7.89. The molecular formula is C16H17N3O2. The maximum Gasteiger partial charge on any atom is 0.168 e. The van der Waals surface area contributed by atoms with Crippen molar-refractivity contribution in [2.45, 2.75) is 18.8 Å². The lowest BCUT2D eigenvalue weighted by Crippen LogP contribution is -2.26. The Morgan fingerprint density at radius 2 is 1.95 bits per heavy atom. The Morgan fingerprint density at radius 3 is 2.62 bits per heavy atom. The van der Waals surface area contributed by atoms with Crippen molar-refractivity contribution in [1.29, 1.82) is 0 Å². The van der Waals surface area contributed by atoms with Crippen molar-refractivity contribution in [3.63, 3.8) is 0 Å². The molecule has 1 aliphatic rings. The first kappa shape index (κ1) is 13.5. The van der Waals surface area contributed by atoms with Crippen LogP contribution in [-0.2, 0) is 9.59 Å². The molecule has 1 aliphatic carbocycles. The van der Waals surface area contributed by atoms with Gasteiger partial charge < -0.3 is 4.90 Å². The largest absolute Gasteiger partial charge is 0.383 e. The standard InChI is InChI=1S/C16H17N3O2/c1-19(2)9-13-15(20)6-11(7-16(13)21)10-3-4-14-12(5-10)8-17-18-14/h3-5,8-9,11H,6-7H2,1-2H3,(H,17,18). The third-order valence-electron chi connectivity index (χ3n) is 3.79. The molecule has 0 aliphatic heterocycles. The van der Waals surface area contributed by atoms with E-state index >= 15 is 0 Å². The number of hydrogen-bond acceptors (Lipinski definition) is 4. The average molecular weight is 283 g/mol. The molecule has 1 N–H and O–H groups in total. The number of rotatable bonds is 2. The van der Waals surface area contributed by atoms with E-state index in [-0.39, 0.29) is 17.5 Å². The Labute approximate surface area is 122 Å². The zero-order valence-corrected chi connectivity index (χ0v) is 12.1. The first-order valence-electron chi connectivity index (χ1n) is 6.92. The Bertz CT molecular complexity index is 723. The van der Waals surface area contributed by atoms with Crippen LogP contribution in [0.1, 0.15) is 24.3 Å². The zero-order chi connectivity index (χ0) is 15.0. The fourth-order valence-electron chi connectivity index (χ4n) is 2.75. The van der Waals surface area contributed by atoms with Gasteiger partial charge in [-0.15, -0.1) is 0 Å². The van der Waals surface area contributed by atoms with Gasteiger partial charge in [0.05, 0.1) is 17.3 Å². The molecular weight excluding hydrogens is 266 g/mol. The summed E-state index contributed by atoms with van der Waals surface area (Å²) in [5.41, 5.74) is 2.30. The first-order valence-corrected chi connectivity index (χ1v) is 6.92. The van der Waals surface area contributed by atoms with Gasteiger partial charge >= 0.3 is 0 Å². The molecule has 0 unspecified atom stereocenters. The molecule has 21 heavy (non-hydrogen) atoms. The fourth-order valence-corrected chi connectivity index (χ4v) is 2.75. The van der Waals surface area contributed by atoms with Crippen LogP contribution in [-0.4, -0.2) is 40.8 Å². The number of aromatic nitrogens is 2. The minimum Gasteiger partial charge on any atom is -0.383 e. The van der Waals surface area contributed by atoms with Gasteiger partial charge in [0, 0.05) is 38.5 Å². The SMILES string of the molecule is CN(C)C=C1C(=O)CC(c2ccc3[nH]ncc3c2)CC1=O. The van der Waals surface area contributed by atoms with E-state index in [1.165, 1.54) is 0 Å². The van der Waals surface area contributed by atoms with E-state index in [0.29, 0.717) is 18.4 Å². The Balaban J connectivity index is 1.88. The zero-order valence-electron chi connectivity index (χ0n) is 12.1. The molecule has 0 radical (unpaired) electrons. The lowest BCUT2D eigenvalue weighted by molar-refractivity contribution is -0.124. The van der Waals surface area contributed by atoms with Gasteiger partial charge in [0.1, 0.15) is 0 Å². The smallest absolute Gasteiger partial charge is 0.168 e. The molecule has 0 spiro atoms. The summed E-state index contributed by atoms with van der Waals surface area (Å²) in [6.07, 6.45) is 4.15. The maximum atomic E-state index is 12.2. The van der Waals surface area contributed by atoms with E-state index in [1.54, 1.807) is 17.3 Å². The highest BCUT2D eigenvalue weighted by atomic mass is 16.1. The average Bonchev–Trinajstić information content (AvgIpc) is 2.89. The van der Waals surface area contributed by atoms with Gasteiger partial charge in [-0.05, 0) is 23.6 Å². The van der Waals surface area contributed by atoms with Gasteiger partial charge in [-0.3, -0.25) is 14.7 Å². The van der Waals surface area contributed by atoms with Crippen molar-refractivity contribution in [3.05, 3.63) is 41.7 Å². The monoisotopic (exact) mass is 283 g/mol. The van der Waals surface area contributed by atoms with Crippen LogP contribution >= 0.6 is 0 Å². The number of ketones is 2. The predicted molar refractivity (Wildman–Crippen MR) is 79.9 cm³/mol. The van der Waals surface area contributed by atoms with Crippen LogP contribution < -0.4 is 0 Å². The van der Waals surface area contributed by atoms with Gasteiger partial charge in [-0.25, -0.2) is 0 Å². The minimum absolute atomic E-state index is 0.0383. The maximum absolute atomic E-state index is 12.2. The molecule has 0 amide bonds. The number of carbonyl (C=O) groups is 2. The number of benzene rings is 1. The number of nitrogens with one attached hydrogen (secondary N) is 1. The normalized spacial score (nSPS) is 19.1. The fraction of sp³-hybridized carbons (Fsp3) is 0.312. The number of aromatic amines is 1. The van der Waals surface area contributed by atoms with Gasteiger partial charge in [0.25, 0.3) is 0 Å². The van der Waals surface area contributed by atoms with E-state index in [4.69, 9.17) is 0 Å². The molecule has 108 valence electrons. The Hall–Kier alpha value is -2.43. The number of allylic oxidation sites excluding steroid dienone is 1. The number of fused-ring (bicyclic) bond motifs is 1. The van der Waals surface area contributed by atoms with E-state index < -0.39 is 0 Å². The molecule has 1 aromatic carbocycles. The molecule has 0 atom stereocenters. The van der Waals surface area contributed by atoms with Crippen LogP contribution in [0.3, 0.4) is 0 Å². The summed E-state index contributed by atoms with van der Waals surface area (Å²) in [6.45, 7) is 0. The lowest BCUT2D eigenvalue weighted by Gasteiger charge is -2.23. The number of H-pyrrole nitrogens is 1. The molecule has 0 bridgehead atoms. The van der Waals surface area contributed by atoms with Crippen LogP contribution in [0, 0.1) is 0 Å². The molecule has 5 heteroatoms. The highest BCUT2D eigenvalue weighted by Gasteiger charge is 2.31. The summed E-state index contributed by atoms with van der Waals surface area (Å²) in [6, 6.07) is 5.91. The van der Waals surface area contributed by atoms with Crippen molar-refractivity contribution in [2.24, 2.45) is 0 Å². The molecule has 3 rings (SSSR count). The topological polar surface area (TPSA) is 66.1 Å². The van der Waals surface area contributed by atoms with E-state index in [1.807, 2.05) is 32.3 Å². The predicted octanol–water partition coefficient (Wildman–Crippen LogP) is 2.02. The van der Waals surface area contributed by atoms with Crippen LogP contribution in [0.5, 0.6) is 0 Å². The second-order valence-electron chi connectivity index (χ2n) is 5.67. The summed E-state index contributed by atoms with van der Waals surface area (Å²) in [5.74, 6) is -0.182. The summed E-state index contributed by atoms with van der Waals surface area (Å²) < 4.78 is 0. The second-order valence-corrected chi connectivity index (χ2v) is 5.67. The molecule has 1 fully saturated rings. The number of Topliss-reactive ketones (excluding diaryl/α,β-unsaturated/α-hetero) is 2. The van der Waals surface area contributed by atoms with Gasteiger partial charge in [-0.1, -0.05) is 6.07 Å². The quantitative estimate of drug-likeness (QED) is 0.676. The van der Waals surface area contributed by atoms with Crippen molar-refractivity contribution < 1.29 is 9.59 Å².